The number of carbonyl (C=O) groups is 1. The zero-order valence-electron chi connectivity index (χ0n) is 14.1. The molecule has 6 heteroatoms. The molecular weight excluding hydrogens is 340 g/mol. The SMILES string of the molecule is COc1ccc(Cl)cc1C(=O)Nc1ccc(-c2nc(C)c(C)o2)cc1. The number of nitrogens with zero attached hydrogens (tertiary/aromatic N) is 1. The maximum Gasteiger partial charge on any atom is 0.259 e. The molecule has 5 nitrogen and oxygen atoms in total. The average molecular weight is 357 g/mol. The Balaban J connectivity index is 1.79. The van der Waals surface area contributed by atoms with Gasteiger partial charge in [-0.25, -0.2) is 4.98 Å². The van der Waals surface area contributed by atoms with Gasteiger partial charge < -0.3 is 14.5 Å². The van der Waals surface area contributed by atoms with E-state index in [0.29, 0.717) is 27.9 Å². The standard InChI is InChI=1S/C19H17ClN2O3/c1-11-12(2)25-19(21-11)13-4-7-15(8-5-13)22-18(23)16-10-14(20)6-9-17(16)24-3/h4-10H,1-3H3,(H,22,23). The Bertz CT molecular complexity index is 897. The third-order valence-electron chi connectivity index (χ3n) is 3.82. The highest BCUT2D eigenvalue weighted by Crippen LogP contribution is 2.25. The molecule has 0 aliphatic rings. The van der Waals surface area contributed by atoms with Crippen molar-refractivity contribution in [3.8, 4) is 17.2 Å². The summed E-state index contributed by atoms with van der Waals surface area (Å²) in [4.78, 5) is 16.8. The number of methoxy groups -OCH3 is 1. The zero-order valence-corrected chi connectivity index (χ0v) is 14.8. The summed E-state index contributed by atoms with van der Waals surface area (Å²) in [7, 11) is 1.51. The van der Waals surface area contributed by atoms with Crippen LogP contribution in [0.3, 0.4) is 0 Å². The van der Waals surface area contributed by atoms with Gasteiger partial charge in [0.15, 0.2) is 0 Å². The fourth-order valence-electron chi connectivity index (χ4n) is 2.35. The molecule has 0 unspecified atom stereocenters. The molecule has 0 saturated heterocycles. The van der Waals surface area contributed by atoms with Gasteiger partial charge in [0.1, 0.15) is 11.5 Å². The second-order valence-corrected chi connectivity index (χ2v) is 5.97. The number of aromatic nitrogens is 1. The number of aryl methyl sites for hydroxylation is 2. The molecule has 0 aliphatic carbocycles. The van der Waals surface area contributed by atoms with E-state index < -0.39 is 0 Å². The first-order chi connectivity index (χ1) is 12.0. The van der Waals surface area contributed by atoms with E-state index in [1.807, 2.05) is 26.0 Å². The quantitative estimate of drug-likeness (QED) is 0.724. The molecule has 1 amide bonds. The molecule has 1 aromatic heterocycles. The Morgan fingerprint density at radius 3 is 2.48 bits per heavy atom. The Hall–Kier alpha value is -2.79. The van der Waals surface area contributed by atoms with Crippen molar-refractivity contribution in [1.82, 2.24) is 4.98 Å². The second-order valence-electron chi connectivity index (χ2n) is 5.54. The fourth-order valence-corrected chi connectivity index (χ4v) is 2.52. The van der Waals surface area contributed by atoms with Gasteiger partial charge in [0, 0.05) is 16.3 Å². The monoisotopic (exact) mass is 356 g/mol. The molecule has 1 N–H and O–H groups in total. The highest BCUT2D eigenvalue weighted by Gasteiger charge is 2.14. The number of oxazole rings is 1. The number of nitrogens with one attached hydrogen (secondary N) is 1. The summed E-state index contributed by atoms with van der Waals surface area (Å²) in [5.41, 5.74) is 2.73. The van der Waals surface area contributed by atoms with Crippen LogP contribution in [-0.2, 0) is 0 Å². The minimum Gasteiger partial charge on any atom is -0.496 e. The molecule has 0 atom stereocenters. The van der Waals surface area contributed by atoms with E-state index in [0.717, 1.165) is 17.0 Å². The lowest BCUT2D eigenvalue weighted by Gasteiger charge is -2.10. The van der Waals surface area contributed by atoms with Crippen LogP contribution in [0.1, 0.15) is 21.8 Å². The molecule has 0 radical (unpaired) electrons. The second kappa shape index (κ2) is 6.99. The van der Waals surface area contributed by atoms with Crippen LogP contribution in [0.4, 0.5) is 5.69 Å². The van der Waals surface area contributed by atoms with Crippen molar-refractivity contribution in [1.29, 1.82) is 0 Å². The first-order valence-corrected chi connectivity index (χ1v) is 8.05. The van der Waals surface area contributed by atoms with Crippen LogP contribution in [0.5, 0.6) is 5.75 Å². The largest absolute Gasteiger partial charge is 0.496 e. The van der Waals surface area contributed by atoms with Crippen molar-refractivity contribution in [2.45, 2.75) is 13.8 Å². The summed E-state index contributed by atoms with van der Waals surface area (Å²) >= 11 is 5.97. The van der Waals surface area contributed by atoms with E-state index in [9.17, 15) is 4.79 Å². The highest BCUT2D eigenvalue weighted by molar-refractivity contribution is 6.31. The molecule has 0 bridgehead atoms. The lowest BCUT2D eigenvalue weighted by molar-refractivity contribution is 0.102. The predicted molar refractivity (Wildman–Crippen MR) is 97.4 cm³/mol. The van der Waals surface area contributed by atoms with Gasteiger partial charge in [-0.15, -0.1) is 0 Å². The summed E-state index contributed by atoms with van der Waals surface area (Å²) < 4.78 is 10.8. The van der Waals surface area contributed by atoms with E-state index in [-0.39, 0.29) is 5.91 Å². The number of hydrogen-bond acceptors (Lipinski definition) is 4. The molecule has 3 rings (SSSR count). The number of anilines is 1. The van der Waals surface area contributed by atoms with Crippen LogP contribution in [0.2, 0.25) is 5.02 Å². The normalized spacial score (nSPS) is 10.6. The summed E-state index contributed by atoms with van der Waals surface area (Å²) in [5, 5.41) is 3.30. The van der Waals surface area contributed by atoms with Crippen LogP contribution in [0.15, 0.2) is 46.9 Å². The van der Waals surface area contributed by atoms with Crippen molar-refractivity contribution < 1.29 is 13.9 Å². The average Bonchev–Trinajstić information content (AvgIpc) is 2.94. The maximum absolute atomic E-state index is 12.5. The number of ether oxygens (including phenoxy) is 1. The van der Waals surface area contributed by atoms with Crippen molar-refractivity contribution in [2.75, 3.05) is 12.4 Å². The summed E-state index contributed by atoms with van der Waals surface area (Å²) in [6.45, 7) is 3.77. The van der Waals surface area contributed by atoms with Gasteiger partial charge in [-0.1, -0.05) is 11.6 Å². The molecule has 0 spiro atoms. The number of carbonyl (C=O) groups excluding carboxylic acids is 1. The zero-order chi connectivity index (χ0) is 18.0. The summed E-state index contributed by atoms with van der Waals surface area (Å²) in [5.74, 6) is 1.52. The number of halogens is 1. The summed E-state index contributed by atoms with van der Waals surface area (Å²) in [6.07, 6.45) is 0. The van der Waals surface area contributed by atoms with Crippen LogP contribution in [0.25, 0.3) is 11.5 Å². The minimum atomic E-state index is -0.296. The molecule has 0 aliphatic heterocycles. The first-order valence-electron chi connectivity index (χ1n) is 7.67. The number of rotatable bonds is 4. The molecular formula is C19H17ClN2O3. The molecule has 0 fully saturated rings. The van der Waals surface area contributed by atoms with Crippen molar-refractivity contribution in [3.63, 3.8) is 0 Å². The molecule has 128 valence electrons. The van der Waals surface area contributed by atoms with Crippen LogP contribution in [0, 0.1) is 13.8 Å². The molecule has 1 heterocycles. The topological polar surface area (TPSA) is 64.4 Å². The fraction of sp³-hybridized carbons (Fsp3) is 0.158. The highest BCUT2D eigenvalue weighted by atomic mass is 35.5. The third kappa shape index (κ3) is 3.67. The maximum atomic E-state index is 12.5. The van der Waals surface area contributed by atoms with Crippen molar-refractivity contribution >= 4 is 23.2 Å². The first kappa shape index (κ1) is 17.0. The van der Waals surface area contributed by atoms with Crippen LogP contribution >= 0.6 is 11.6 Å². The Labute approximate surface area is 150 Å². The van der Waals surface area contributed by atoms with E-state index in [1.165, 1.54) is 7.11 Å². The van der Waals surface area contributed by atoms with Gasteiger partial charge in [0.25, 0.3) is 5.91 Å². The van der Waals surface area contributed by atoms with Gasteiger partial charge in [0.2, 0.25) is 5.89 Å². The smallest absolute Gasteiger partial charge is 0.259 e. The van der Waals surface area contributed by atoms with Gasteiger partial charge in [0.05, 0.1) is 18.4 Å². The van der Waals surface area contributed by atoms with Gasteiger partial charge in [-0.3, -0.25) is 4.79 Å². The Morgan fingerprint density at radius 1 is 1.16 bits per heavy atom. The van der Waals surface area contributed by atoms with E-state index in [4.69, 9.17) is 20.8 Å². The molecule has 2 aromatic carbocycles. The minimum absolute atomic E-state index is 0.296. The third-order valence-corrected chi connectivity index (χ3v) is 4.06. The number of hydrogen-bond donors (Lipinski definition) is 1. The van der Waals surface area contributed by atoms with Crippen molar-refractivity contribution in [2.24, 2.45) is 0 Å². The van der Waals surface area contributed by atoms with E-state index in [2.05, 4.69) is 10.3 Å². The lowest BCUT2D eigenvalue weighted by Crippen LogP contribution is -2.13. The van der Waals surface area contributed by atoms with Crippen LogP contribution < -0.4 is 10.1 Å². The van der Waals surface area contributed by atoms with Gasteiger partial charge in [-0.2, -0.15) is 0 Å². The summed E-state index contributed by atoms with van der Waals surface area (Å²) in [6, 6.07) is 12.2. The number of benzene rings is 2. The van der Waals surface area contributed by atoms with Crippen molar-refractivity contribution in [3.05, 3.63) is 64.5 Å². The number of amides is 1. The Morgan fingerprint density at radius 2 is 1.88 bits per heavy atom. The molecule has 3 aromatic rings. The molecule has 25 heavy (non-hydrogen) atoms. The molecule has 0 saturated carbocycles. The lowest BCUT2D eigenvalue weighted by atomic mass is 10.1. The van der Waals surface area contributed by atoms with Gasteiger partial charge >= 0.3 is 0 Å². The van der Waals surface area contributed by atoms with Gasteiger partial charge in [-0.05, 0) is 56.3 Å². The van der Waals surface area contributed by atoms with E-state index in [1.54, 1.807) is 30.3 Å². The van der Waals surface area contributed by atoms with Crippen LogP contribution in [-0.4, -0.2) is 18.0 Å². The predicted octanol–water partition coefficient (Wildman–Crippen LogP) is 4.87. The van der Waals surface area contributed by atoms with E-state index >= 15 is 0 Å². The Kier molecular flexibility index (Phi) is 4.76.